The first-order valence-corrected chi connectivity index (χ1v) is 10.8. The van der Waals surface area contributed by atoms with Crippen molar-refractivity contribution in [3.63, 3.8) is 0 Å². The van der Waals surface area contributed by atoms with Gasteiger partial charge in [0.2, 0.25) is 0 Å². The van der Waals surface area contributed by atoms with Crippen molar-refractivity contribution >= 4 is 0 Å². The van der Waals surface area contributed by atoms with Crippen molar-refractivity contribution in [1.82, 2.24) is 15.5 Å². The molecule has 6 heteroatoms. The summed E-state index contributed by atoms with van der Waals surface area (Å²) in [4.78, 5) is 0. The number of aromatic nitrogens is 2. The molecule has 0 aliphatic heterocycles. The SMILES string of the molecule is FC(F)(F)c1ccc(CCNCc2cccc(Cc3nncc4c3CCCC4)c2)cc1. The quantitative estimate of drug-likeness (QED) is 0.522. The van der Waals surface area contributed by atoms with Crippen LogP contribution in [0.5, 0.6) is 0 Å². The summed E-state index contributed by atoms with van der Waals surface area (Å²) in [5, 5.41) is 12.0. The number of nitrogens with one attached hydrogen (secondary N) is 1. The summed E-state index contributed by atoms with van der Waals surface area (Å²) in [6.07, 6.45) is 3.73. The van der Waals surface area contributed by atoms with Crippen molar-refractivity contribution in [2.24, 2.45) is 0 Å². The van der Waals surface area contributed by atoms with E-state index < -0.39 is 11.7 Å². The molecule has 3 nitrogen and oxygen atoms in total. The number of hydrogen-bond acceptors (Lipinski definition) is 3. The van der Waals surface area contributed by atoms with Crippen LogP contribution < -0.4 is 5.32 Å². The van der Waals surface area contributed by atoms with Crippen molar-refractivity contribution in [3.05, 3.63) is 93.8 Å². The van der Waals surface area contributed by atoms with Crippen molar-refractivity contribution < 1.29 is 13.2 Å². The zero-order valence-corrected chi connectivity index (χ0v) is 17.4. The molecular formula is C25H26F3N3. The van der Waals surface area contributed by atoms with Gasteiger partial charge in [0.15, 0.2) is 0 Å². The number of fused-ring (bicyclic) bond motifs is 1. The molecule has 1 aromatic heterocycles. The van der Waals surface area contributed by atoms with E-state index in [1.807, 2.05) is 6.20 Å². The average Bonchev–Trinajstić information content (AvgIpc) is 2.77. The van der Waals surface area contributed by atoms with Crippen LogP contribution in [0.2, 0.25) is 0 Å². The molecule has 0 radical (unpaired) electrons. The smallest absolute Gasteiger partial charge is 0.312 e. The molecule has 0 bridgehead atoms. The number of alkyl halides is 3. The highest BCUT2D eigenvalue weighted by molar-refractivity contribution is 5.35. The predicted octanol–water partition coefficient (Wildman–Crippen LogP) is 5.30. The first-order chi connectivity index (χ1) is 15.0. The highest BCUT2D eigenvalue weighted by Crippen LogP contribution is 2.29. The topological polar surface area (TPSA) is 37.8 Å². The Kier molecular flexibility index (Phi) is 6.66. The standard InChI is InChI=1S/C25H26F3N3/c26-25(27,28)22-10-8-18(9-11-22)12-13-29-16-20-5-3-4-19(14-20)15-24-23-7-2-1-6-21(23)17-30-31-24/h3-5,8-11,14,17,29H,1-2,6-7,12-13,15-16H2. The third kappa shape index (κ3) is 5.70. The van der Waals surface area contributed by atoms with E-state index in [4.69, 9.17) is 0 Å². The molecule has 1 heterocycles. The second-order valence-corrected chi connectivity index (χ2v) is 8.12. The summed E-state index contributed by atoms with van der Waals surface area (Å²) in [6.45, 7) is 1.42. The second-order valence-electron chi connectivity index (χ2n) is 8.12. The monoisotopic (exact) mass is 425 g/mol. The lowest BCUT2D eigenvalue weighted by molar-refractivity contribution is -0.137. The van der Waals surface area contributed by atoms with Gasteiger partial charge in [0.1, 0.15) is 0 Å². The van der Waals surface area contributed by atoms with Crippen molar-refractivity contribution in [2.75, 3.05) is 6.54 Å². The number of hydrogen-bond donors (Lipinski definition) is 1. The Bertz CT molecular complexity index is 1010. The minimum absolute atomic E-state index is 0.606. The Morgan fingerprint density at radius 1 is 0.903 bits per heavy atom. The lowest BCUT2D eigenvalue weighted by Crippen LogP contribution is -2.17. The molecular weight excluding hydrogens is 399 g/mol. The van der Waals surface area contributed by atoms with Crippen LogP contribution in [-0.2, 0) is 38.4 Å². The molecule has 0 saturated heterocycles. The fourth-order valence-electron chi connectivity index (χ4n) is 4.14. The van der Waals surface area contributed by atoms with E-state index in [0.717, 1.165) is 42.7 Å². The van der Waals surface area contributed by atoms with Gasteiger partial charge in [-0.15, -0.1) is 0 Å². The largest absolute Gasteiger partial charge is 0.416 e. The first-order valence-electron chi connectivity index (χ1n) is 10.8. The zero-order chi connectivity index (χ0) is 21.7. The van der Waals surface area contributed by atoms with E-state index in [0.29, 0.717) is 19.5 Å². The Labute approximate surface area is 180 Å². The number of halogens is 3. The molecule has 0 fully saturated rings. The van der Waals surface area contributed by atoms with Gasteiger partial charge in [-0.05, 0) is 78.6 Å². The summed E-state index contributed by atoms with van der Waals surface area (Å²) >= 11 is 0. The number of nitrogens with zero attached hydrogens (tertiary/aromatic N) is 2. The summed E-state index contributed by atoms with van der Waals surface area (Å²) in [6, 6.07) is 13.8. The normalized spacial score (nSPS) is 13.8. The molecule has 1 aliphatic rings. The molecule has 0 unspecified atom stereocenters. The Balaban J connectivity index is 1.30. The molecule has 1 N–H and O–H groups in total. The van der Waals surface area contributed by atoms with E-state index in [9.17, 15) is 13.2 Å². The fourth-order valence-corrected chi connectivity index (χ4v) is 4.14. The van der Waals surface area contributed by atoms with Gasteiger partial charge in [-0.25, -0.2) is 0 Å². The number of benzene rings is 2. The molecule has 162 valence electrons. The molecule has 2 aromatic carbocycles. The molecule has 0 spiro atoms. The van der Waals surface area contributed by atoms with Gasteiger partial charge in [0.25, 0.3) is 0 Å². The van der Waals surface area contributed by atoms with E-state index in [-0.39, 0.29) is 0 Å². The maximum absolute atomic E-state index is 12.6. The summed E-state index contributed by atoms with van der Waals surface area (Å²) in [5.41, 5.74) is 6.49. The van der Waals surface area contributed by atoms with Crippen LogP contribution in [-0.4, -0.2) is 16.7 Å². The maximum atomic E-state index is 12.6. The molecule has 4 rings (SSSR count). The predicted molar refractivity (Wildman–Crippen MR) is 115 cm³/mol. The molecule has 0 atom stereocenters. The highest BCUT2D eigenvalue weighted by Gasteiger charge is 2.29. The van der Waals surface area contributed by atoms with E-state index in [1.54, 1.807) is 12.1 Å². The average molecular weight is 425 g/mol. The van der Waals surface area contributed by atoms with Crippen LogP contribution in [0, 0.1) is 0 Å². The van der Waals surface area contributed by atoms with Crippen LogP contribution in [0.25, 0.3) is 0 Å². The molecule has 3 aromatic rings. The fraction of sp³-hybridized carbons (Fsp3) is 0.360. The van der Waals surface area contributed by atoms with Crippen molar-refractivity contribution in [1.29, 1.82) is 0 Å². The van der Waals surface area contributed by atoms with Crippen molar-refractivity contribution in [3.8, 4) is 0 Å². The molecule has 31 heavy (non-hydrogen) atoms. The molecule has 0 amide bonds. The van der Waals surface area contributed by atoms with Gasteiger partial charge >= 0.3 is 6.18 Å². The minimum Gasteiger partial charge on any atom is -0.312 e. The van der Waals surface area contributed by atoms with Crippen molar-refractivity contribution in [2.45, 2.75) is 51.2 Å². The van der Waals surface area contributed by atoms with Crippen LogP contribution in [0.3, 0.4) is 0 Å². The lowest BCUT2D eigenvalue weighted by Gasteiger charge is -2.17. The summed E-state index contributed by atoms with van der Waals surface area (Å²) in [5.74, 6) is 0. The van der Waals surface area contributed by atoms with Gasteiger partial charge in [-0.3, -0.25) is 0 Å². The summed E-state index contributed by atoms with van der Waals surface area (Å²) < 4.78 is 37.9. The van der Waals surface area contributed by atoms with Crippen LogP contribution >= 0.6 is 0 Å². The van der Waals surface area contributed by atoms with Gasteiger partial charge < -0.3 is 5.32 Å². The van der Waals surface area contributed by atoms with Gasteiger partial charge in [-0.1, -0.05) is 36.4 Å². The van der Waals surface area contributed by atoms with E-state index in [2.05, 4.69) is 39.8 Å². The number of rotatable bonds is 7. The second kappa shape index (κ2) is 9.60. The Hall–Kier alpha value is -2.73. The lowest BCUT2D eigenvalue weighted by atomic mass is 9.90. The van der Waals surface area contributed by atoms with Crippen LogP contribution in [0.15, 0.2) is 54.7 Å². The van der Waals surface area contributed by atoms with Gasteiger partial charge in [-0.2, -0.15) is 23.4 Å². The van der Waals surface area contributed by atoms with Gasteiger partial charge in [0, 0.05) is 13.0 Å². The third-order valence-electron chi connectivity index (χ3n) is 5.81. The van der Waals surface area contributed by atoms with Crippen LogP contribution in [0.1, 0.15) is 51.9 Å². The first kappa shape index (κ1) is 21.5. The van der Waals surface area contributed by atoms with Crippen LogP contribution in [0.4, 0.5) is 13.2 Å². The Morgan fingerprint density at radius 3 is 2.48 bits per heavy atom. The third-order valence-corrected chi connectivity index (χ3v) is 5.81. The van der Waals surface area contributed by atoms with E-state index >= 15 is 0 Å². The molecule has 1 aliphatic carbocycles. The zero-order valence-electron chi connectivity index (χ0n) is 17.4. The number of aryl methyl sites for hydroxylation is 1. The summed E-state index contributed by atoms with van der Waals surface area (Å²) in [7, 11) is 0. The van der Waals surface area contributed by atoms with Gasteiger partial charge in [0.05, 0.1) is 17.5 Å². The minimum atomic E-state index is -4.29. The maximum Gasteiger partial charge on any atom is 0.416 e. The highest BCUT2D eigenvalue weighted by atomic mass is 19.4. The molecule has 0 saturated carbocycles. The Morgan fingerprint density at radius 2 is 1.68 bits per heavy atom. The van der Waals surface area contributed by atoms with E-state index in [1.165, 1.54) is 35.1 Å².